The van der Waals surface area contributed by atoms with E-state index in [0.717, 1.165) is 24.4 Å². The Kier molecular flexibility index (Phi) is 3.19. The van der Waals surface area contributed by atoms with Gasteiger partial charge in [-0.05, 0) is 44.9 Å². The molecule has 1 fully saturated rings. The van der Waals surface area contributed by atoms with Crippen molar-refractivity contribution < 1.29 is 4.74 Å². The average molecular weight is 259 g/mol. The van der Waals surface area contributed by atoms with E-state index >= 15 is 0 Å². The Morgan fingerprint density at radius 2 is 2.26 bits per heavy atom. The minimum Gasteiger partial charge on any atom is -0.399 e. The summed E-state index contributed by atoms with van der Waals surface area (Å²) < 4.78 is 7.98. The van der Waals surface area contributed by atoms with Gasteiger partial charge in [0.25, 0.3) is 0 Å². The number of aromatic nitrogens is 2. The van der Waals surface area contributed by atoms with Crippen LogP contribution in [0.25, 0.3) is 11.0 Å². The van der Waals surface area contributed by atoms with E-state index in [0.29, 0.717) is 5.92 Å². The summed E-state index contributed by atoms with van der Waals surface area (Å²) in [5.74, 6) is 1.83. The molecule has 4 heteroatoms. The van der Waals surface area contributed by atoms with Gasteiger partial charge in [0.1, 0.15) is 5.82 Å². The van der Waals surface area contributed by atoms with Crippen molar-refractivity contribution in [3.8, 4) is 0 Å². The Labute approximate surface area is 113 Å². The first-order valence-corrected chi connectivity index (χ1v) is 7.06. The fourth-order valence-corrected chi connectivity index (χ4v) is 2.60. The second-order valence-electron chi connectivity index (χ2n) is 5.37. The molecule has 2 aromatic rings. The van der Waals surface area contributed by atoms with Crippen LogP contribution in [0.5, 0.6) is 0 Å². The van der Waals surface area contributed by atoms with Gasteiger partial charge in [0.2, 0.25) is 0 Å². The predicted molar refractivity (Wildman–Crippen MR) is 77.2 cm³/mol. The van der Waals surface area contributed by atoms with Crippen LogP contribution in [0.4, 0.5) is 5.69 Å². The molecule has 1 heterocycles. The summed E-state index contributed by atoms with van der Waals surface area (Å²) in [6.07, 6.45) is 2.71. The van der Waals surface area contributed by atoms with Crippen LogP contribution in [0.3, 0.4) is 0 Å². The Morgan fingerprint density at radius 1 is 1.47 bits per heavy atom. The molecule has 0 aliphatic heterocycles. The number of rotatable bonds is 5. The lowest BCUT2D eigenvalue weighted by Gasteiger charge is -2.15. The number of hydrogen-bond donors (Lipinski definition) is 1. The van der Waals surface area contributed by atoms with Crippen molar-refractivity contribution in [2.45, 2.75) is 45.3 Å². The number of nitrogens with two attached hydrogens (primary N) is 1. The fourth-order valence-electron chi connectivity index (χ4n) is 2.60. The summed E-state index contributed by atoms with van der Waals surface area (Å²) in [6.45, 7) is 5.76. The van der Waals surface area contributed by atoms with Crippen LogP contribution in [0, 0.1) is 0 Å². The Bertz CT molecular complexity index is 586. The SMILES string of the molecule is CCOC(C)Cn1c(C2CC2)nc2cc(N)ccc21. The first-order valence-electron chi connectivity index (χ1n) is 7.06. The highest BCUT2D eigenvalue weighted by Gasteiger charge is 2.30. The molecule has 0 radical (unpaired) electrons. The van der Waals surface area contributed by atoms with Crippen LogP contribution in [-0.2, 0) is 11.3 Å². The van der Waals surface area contributed by atoms with Crippen molar-refractivity contribution in [2.75, 3.05) is 12.3 Å². The number of imidazole rings is 1. The number of nitrogen functional groups attached to an aromatic ring is 1. The number of nitrogens with zero attached hydrogens (tertiary/aromatic N) is 2. The van der Waals surface area contributed by atoms with Crippen molar-refractivity contribution in [3.05, 3.63) is 24.0 Å². The van der Waals surface area contributed by atoms with E-state index in [1.165, 1.54) is 24.2 Å². The molecule has 0 saturated heterocycles. The van der Waals surface area contributed by atoms with Gasteiger partial charge in [-0.1, -0.05) is 0 Å². The zero-order chi connectivity index (χ0) is 13.4. The van der Waals surface area contributed by atoms with Crippen molar-refractivity contribution in [1.29, 1.82) is 0 Å². The van der Waals surface area contributed by atoms with Crippen LogP contribution >= 0.6 is 0 Å². The molecule has 0 spiro atoms. The van der Waals surface area contributed by atoms with Gasteiger partial charge in [-0.25, -0.2) is 4.98 Å². The van der Waals surface area contributed by atoms with E-state index < -0.39 is 0 Å². The molecule has 102 valence electrons. The van der Waals surface area contributed by atoms with Crippen LogP contribution < -0.4 is 5.73 Å². The largest absolute Gasteiger partial charge is 0.399 e. The number of hydrogen-bond acceptors (Lipinski definition) is 3. The second kappa shape index (κ2) is 4.85. The van der Waals surface area contributed by atoms with Crippen LogP contribution in [0.1, 0.15) is 38.4 Å². The molecule has 4 nitrogen and oxygen atoms in total. The maximum Gasteiger partial charge on any atom is 0.113 e. The van der Waals surface area contributed by atoms with Gasteiger partial charge in [-0.3, -0.25) is 0 Å². The normalized spacial score (nSPS) is 16.9. The molecule has 1 aromatic heterocycles. The lowest BCUT2D eigenvalue weighted by molar-refractivity contribution is 0.0642. The van der Waals surface area contributed by atoms with Gasteiger partial charge in [-0.2, -0.15) is 0 Å². The Balaban J connectivity index is 2.01. The third kappa shape index (κ3) is 2.45. The van der Waals surface area contributed by atoms with E-state index in [1.54, 1.807) is 0 Å². The first-order chi connectivity index (χ1) is 9.19. The van der Waals surface area contributed by atoms with E-state index in [1.807, 2.05) is 19.1 Å². The first kappa shape index (κ1) is 12.5. The molecule has 1 aliphatic rings. The summed E-state index contributed by atoms with van der Waals surface area (Å²) in [6, 6.07) is 5.98. The lowest BCUT2D eigenvalue weighted by atomic mass is 10.2. The third-order valence-electron chi connectivity index (χ3n) is 3.64. The minimum atomic E-state index is 0.206. The van der Waals surface area contributed by atoms with Gasteiger partial charge in [0.15, 0.2) is 0 Å². The Hall–Kier alpha value is -1.55. The summed E-state index contributed by atoms with van der Waals surface area (Å²) >= 11 is 0. The summed E-state index contributed by atoms with van der Waals surface area (Å²) in [4.78, 5) is 4.78. The van der Waals surface area contributed by atoms with Crippen molar-refractivity contribution in [3.63, 3.8) is 0 Å². The van der Waals surface area contributed by atoms with E-state index in [9.17, 15) is 0 Å². The maximum atomic E-state index is 5.85. The Morgan fingerprint density at radius 3 is 2.95 bits per heavy atom. The predicted octanol–water partition coefficient (Wildman–Crippen LogP) is 2.92. The quantitative estimate of drug-likeness (QED) is 0.840. The van der Waals surface area contributed by atoms with Crippen molar-refractivity contribution in [2.24, 2.45) is 0 Å². The smallest absolute Gasteiger partial charge is 0.113 e. The number of benzene rings is 1. The standard InChI is InChI=1S/C15H21N3O/c1-3-19-10(2)9-18-14-7-6-12(16)8-13(14)17-15(18)11-4-5-11/h6-8,10-11H,3-5,9,16H2,1-2H3. The highest BCUT2D eigenvalue weighted by molar-refractivity contribution is 5.79. The molecule has 0 bridgehead atoms. The van der Waals surface area contributed by atoms with Gasteiger partial charge in [0, 0.05) is 18.2 Å². The fraction of sp³-hybridized carbons (Fsp3) is 0.533. The number of fused-ring (bicyclic) bond motifs is 1. The zero-order valence-electron chi connectivity index (χ0n) is 11.6. The molecule has 1 aromatic carbocycles. The van der Waals surface area contributed by atoms with Crippen molar-refractivity contribution in [1.82, 2.24) is 9.55 Å². The molecule has 1 unspecified atom stereocenters. The third-order valence-corrected chi connectivity index (χ3v) is 3.64. The topological polar surface area (TPSA) is 53.1 Å². The number of anilines is 1. The van der Waals surface area contributed by atoms with Crippen LogP contribution in [-0.4, -0.2) is 22.3 Å². The molecule has 1 aliphatic carbocycles. The van der Waals surface area contributed by atoms with Gasteiger partial charge < -0.3 is 15.0 Å². The molecule has 1 atom stereocenters. The van der Waals surface area contributed by atoms with Gasteiger partial charge in [-0.15, -0.1) is 0 Å². The number of ether oxygens (including phenoxy) is 1. The minimum absolute atomic E-state index is 0.206. The highest BCUT2D eigenvalue weighted by atomic mass is 16.5. The van der Waals surface area contributed by atoms with Crippen LogP contribution in [0.15, 0.2) is 18.2 Å². The zero-order valence-corrected chi connectivity index (χ0v) is 11.6. The van der Waals surface area contributed by atoms with Crippen molar-refractivity contribution >= 4 is 16.7 Å². The maximum absolute atomic E-state index is 5.85. The summed E-state index contributed by atoms with van der Waals surface area (Å²) in [5.41, 5.74) is 8.80. The summed E-state index contributed by atoms with van der Waals surface area (Å²) in [5, 5.41) is 0. The lowest BCUT2D eigenvalue weighted by Crippen LogP contribution is -2.18. The van der Waals surface area contributed by atoms with E-state index in [-0.39, 0.29) is 6.10 Å². The average Bonchev–Trinajstić information content (AvgIpc) is 3.14. The summed E-state index contributed by atoms with van der Waals surface area (Å²) in [7, 11) is 0. The monoisotopic (exact) mass is 259 g/mol. The molecule has 0 amide bonds. The molecular weight excluding hydrogens is 238 g/mol. The van der Waals surface area contributed by atoms with Gasteiger partial charge >= 0.3 is 0 Å². The van der Waals surface area contributed by atoms with Crippen LogP contribution in [0.2, 0.25) is 0 Å². The second-order valence-corrected chi connectivity index (χ2v) is 5.37. The van der Waals surface area contributed by atoms with E-state index in [2.05, 4.69) is 17.6 Å². The molecule has 2 N–H and O–H groups in total. The molecule has 3 rings (SSSR count). The molecular formula is C15H21N3O. The van der Waals surface area contributed by atoms with Gasteiger partial charge in [0.05, 0.1) is 23.7 Å². The molecule has 1 saturated carbocycles. The highest BCUT2D eigenvalue weighted by Crippen LogP contribution is 2.41. The van der Waals surface area contributed by atoms with E-state index in [4.69, 9.17) is 15.5 Å². The molecule has 19 heavy (non-hydrogen) atoms.